The third-order valence-electron chi connectivity index (χ3n) is 5.45. The van der Waals surface area contributed by atoms with Gasteiger partial charge in [0.2, 0.25) is 15.9 Å². The number of anilines is 1. The molecule has 0 bridgehead atoms. The Bertz CT molecular complexity index is 1020. The molecule has 1 aliphatic rings. The van der Waals surface area contributed by atoms with Crippen LogP contribution in [0.4, 0.5) is 5.69 Å². The number of methoxy groups -OCH3 is 1. The monoisotopic (exact) mass is 430 g/mol. The van der Waals surface area contributed by atoms with E-state index in [1.54, 1.807) is 18.0 Å². The molecule has 0 saturated carbocycles. The predicted octanol–water partition coefficient (Wildman–Crippen LogP) is 3.94. The summed E-state index contributed by atoms with van der Waals surface area (Å²) in [6.07, 6.45) is 1.22. The van der Waals surface area contributed by atoms with Gasteiger partial charge in [-0.2, -0.15) is 4.31 Å². The average Bonchev–Trinajstić information content (AvgIpc) is 3.12. The summed E-state index contributed by atoms with van der Waals surface area (Å²) >= 11 is 0. The van der Waals surface area contributed by atoms with Crippen LogP contribution in [0.2, 0.25) is 0 Å². The number of hydrogen-bond acceptors (Lipinski definition) is 4. The Labute approximate surface area is 179 Å². The molecule has 7 heteroatoms. The number of hydrogen-bond donors (Lipinski definition) is 0. The van der Waals surface area contributed by atoms with Crippen molar-refractivity contribution >= 4 is 21.6 Å². The summed E-state index contributed by atoms with van der Waals surface area (Å²) in [5.41, 5.74) is 2.66. The maximum absolute atomic E-state index is 13.2. The standard InChI is InChI=1S/C23H30N2O4S/c1-23(2,3)18-10-8-17(9-11-18)16-24(4)30(27,28)19-12-13-21(29-5)20(15-19)25-14-6-7-22(25)26/h8-13,15H,6-7,14,16H2,1-5H3. The number of ether oxygens (including phenoxy) is 1. The quantitative estimate of drug-likeness (QED) is 0.696. The highest BCUT2D eigenvalue weighted by molar-refractivity contribution is 7.89. The largest absolute Gasteiger partial charge is 0.495 e. The van der Waals surface area contributed by atoms with E-state index in [-0.39, 0.29) is 22.8 Å². The second-order valence-electron chi connectivity index (χ2n) is 8.69. The number of nitrogens with zero attached hydrogens (tertiary/aromatic N) is 2. The van der Waals surface area contributed by atoms with Crippen LogP contribution in [-0.4, -0.2) is 39.3 Å². The zero-order valence-electron chi connectivity index (χ0n) is 18.3. The Kier molecular flexibility index (Phi) is 6.24. The van der Waals surface area contributed by atoms with Crippen molar-refractivity contribution in [2.75, 3.05) is 25.6 Å². The van der Waals surface area contributed by atoms with Crippen molar-refractivity contribution in [2.45, 2.75) is 50.5 Å². The Morgan fingerprint density at radius 3 is 2.30 bits per heavy atom. The highest BCUT2D eigenvalue weighted by Crippen LogP contribution is 2.34. The van der Waals surface area contributed by atoms with Gasteiger partial charge >= 0.3 is 0 Å². The third kappa shape index (κ3) is 4.52. The zero-order valence-corrected chi connectivity index (χ0v) is 19.1. The van der Waals surface area contributed by atoms with Gasteiger partial charge in [-0.05, 0) is 41.2 Å². The molecule has 3 rings (SSSR count). The van der Waals surface area contributed by atoms with Crippen LogP contribution in [0.3, 0.4) is 0 Å². The van der Waals surface area contributed by atoms with E-state index in [1.807, 2.05) is 24.3 Å². The topological polar surface area (TPSA) is 66.9 Å². The van der Waals surface area contributed by atoms with Crippen molar-refractivity contribution < 1.29 is 17.9 Å². The molecule has 1 saturated heterocycles. The molecule has 2 aromatic rings. The first-order valence-corrected chi connectivity index (χ1v) is 11.5. The molecule has 6 nitrogen and oxygen atoms in total. The van der Waals surface area contributed by atoms with Crippen molar-refractivity contribution in [3.05, 3.63) is 53.6 Å². The molecule has 30 heavy (non-hydrogen) atoms. The molecule has 1 fully saturated rings. The zero-order chi connectivity index (χ0) is 22.1. The first-order valence-electron chi connectivity index (χ1n) is 10.1. The fourth-order valence-corrected chi connectivity index (χ4v) is 4.76. The van der Waals surface area contributed by atoms with Gasteiger partial charge in [0.05, 0.1) is 17.7 Å². The van der Waals surface area contributed by atoms with E-state index >= 15 is 0 Å². The smallest absolute Gasteiger partial charge is 0.243 e. The van der Waals surface area contributed by atoms with Crippen LogP contribution in [0.5, 0.6) is 5.75 Å². The van der Waals surface area contributed by atoms with Crippen LogP contribution < -0.4 is 9.64 Å². The van der Waals surface area contributed by atoms with E-state index in [1.165, 1.54) is 29.1 Å². The number of carbonyl (C=O) groups is 1. The van der Waals surface area contributed by atoms with Crippen LogP contribution in [0.15, 0.2) is 47.4 Å². The van der Waals surface area contributed by atoms with Crippen LogP contribution >= 0.6 is 0 Å². The molecule has 0 spiro atoms. The molecule has 2 aromatic carbocycles. The van der Waals surface area contributed by atoms with Crippen molar-refractivity contribution in [3.8, 4) is 5.75 Å². The molecule has 1 aliphatic heterocycles. The maximum atomic E-state index is 13.2. The minimum absolute atomic E-state index is 0.0184. The van der Waals surface area contributed by atoms with Gasteiger partial charge in [0.15, 0.2) is 0 Å². The van der Waals surface area contributed by atoms with E-state index < -0.39 is 10.0 Å². The molecule has 0 unspecified atom stereocenters. The van der Waals surface area contributed by atoms with Crippen molar-refractivity contribution in [2.24, 2.45) is 0 Å². The van der Waals surface area contributed by atoms with Crippen molar-refractivity contribution in [3.63, 3.8) is 0 Å². The Hall–Kier alpha value is -2.38. The molecule has 0 atom stereocenters. The van der Waals surface area contributed by atoms with Crippen LogP contribution in [0.25, 0.3) is 0 Å². The third-order valence-corrected chi connectivity index (χ3v) is 7.25. The summed E-state index contributed by atoms with van der Waals surface area (Å²) in [4.78, 5) is 13.9. The van der Waals surface area contributed by atoms with Gasteiger partial charge in [-0.1, -0.05) is 45.0 Å². The van der Waals surface area contributed by atoms with E-state index in [2.05, 4.69) is 20.8 Å². The molecule has 0 radical (unpaired) electrons. The van der Waals surface area contributed by atoms with E-state index in [4.69, 9.17) is 4.74 Å². The minimum Gasteiger partial charge on any atom is -0.495 e. The lowest BCUT2D eigenvalue weighted by Crippen LogP contribution is -2.28. The van der Waals surface area contributed by atoms with Crippen molar-refractivity contribution in [1.29, 1.82) is 0 Å². The van der Waals surface area contributed by atoms with Gasteiger partial charge in [-0.25, -0.2) is 8.42 Å². The SMILES string of the molecule is COc1ccc(S(=O)(=O)N(C)Cc2ccc(C(C)(C)C)cc2)cc1N1CCCC1=O. The van der Waals surface area contributed by atoms with Gasteiger partial charge in [-0.15, -0.1) is 0 Å². The fraction of sp³-hybridized carbons (Fsp3) is 0.435. The molecule has 0 aromatic heterocycles. The molecule has 1 amide bonds. The fourth-order valence-electron chi connectivity index (χ4n) is 3.58. The first-order chi connectivity index (χ1) is 14.0. The van der Waals surface area contributed by atoms with Crippen LogP contribution in [-0.2, 0) is 26.8 Å². The maximum Gasteiger partial charge on any atom is 0.243 e. The number of sulfonamides is 1. The van der Waals surface area contributed by atoms with Crippen molar-refractivity contribution in [1.82, 2.24) is 4.31 Å². The van der Waals surface area contributed by atoms with E-state index in [0.717, 1.165) is 12.0 Å². The number of rotatable bonds is 6. The highest BCUT2D eigenvalue weighted by Gasteiger charge is 2.28. The number of benzene rings is 2. The summed E-state index contributed by atoms with van der Waals surface area (Å²) in [5, 5.41) is 0. The van der Waals surface area contributed by atoms with Crippen LogP contribution in [0, 0.1) is 0 Å². The Morgan fingerprint density at radius 2 is 1.77 bits per heavy atom. The highest BCUT2D eigenvalue weighted by atomic mass is 32.2. The predicted molar refractivity (Wildman–Crippen MR) is 118 cm³/mol. The lowest BCUT2D eigenvalue weighted by molar-refractivity contribution is -0.117. The molecular formula is C23H30N2O4S. The van der Waals surface area contributed by atoms with Gasteiger partial charge in [0.1, 0.15) is 5.75 Å². The summed E-state index contributed by atoms with van der Waals surface area (Å²) in [6.45, 7) is 7.26. The molecule has 1 heterocycles. The van der Waals surface area contributed by atoms with Gasteiger partial charge in [-0.3, -0.25) is 4.79 Å². The second-order valence-corrected chi connectivity index (χ2v) is 10.7. The normalized spacial score (nSPS) is 15.1. The summed E-state index contributed by atoms with van der Waals surface area (Å²) in [5.74, 6) is 0.472. The second kappa shape index (κ2) is 8.40. The Balaban J connectivity index is 1.86. The molecular weight excluding hydrogens is 400 g/mol. The number of carbonyl (C=O) groups excluding carboxylic acids is 1. The van der Waals surface area contributed by atoms with Gasteiger partial charge in [0.25, 0.3) is 0 Å². The molecule has 0 aliphatic carbocycles. The van der Waals surface area contributed by atoms with E-state index in [9.17, 15) is 13.2 Å². The summed E-state index contributed by atoms with van der Waals surface area (Å²) in [6, 6.07) is 12.7. The summed E-state index contributed by atoms with van der Waals surface area (Å²) in [7, 11) is -0.648. The Morgan fingerprint density at radius 1 is 1.10 bits per heavy atom. The number of amides is 1. The van der Waals surface area contributed by atoms with Gasteiger partial charge < -0.3 is 9.64 Å². The average molecular weight is 431 g/mol. The molecule has 0 N–H and O–H groups in total. The van der Waals surface area contributed by atoms with Crippen LogP contribution in [0.1, 0.15) is 44.7 Å². The minimum atomic E-state index is -3.73. The summed E-state index contributed by atoms with van der Waals surface area (Å²) < 4.78 is 33.1. The first kappa shape index (κ1) is 22.3. The molecule has 162 valence electrons. The van der Waals surface area contributed by atoms with Gasteiger partial charge in [0, 0.05) is 26.6 Å². The van der Waals surface area contributed by atoms with E-state index in [0.29, 0.717) is 24.4 Å². The lowest BCUT2D eigenvalue weighted by atomic mass is 9.87. The lowest BCUT2D eigenvalue weighted by Gasteiger charge is -2.22.